The van der Waals surface area contributed by atoms with E-state index in [0.29, 0.717) is 16.1 Å². The molecule has 0 aliphatic heterocycles. The summed E-state index contributed by atoms with van der Waals surface area (Å²) in [6, 6.07) is 8.21. The average molecular weight is 291 g/mol. The van der Waals surface area contributed by atoms with E-state index in [1.165, 1.54) is 18.2 Å². The summed E-state index contributed by atoms with van der Waals surface area (Å²) in [5.41, 5.74) is 3.98. The number of hydrogen-bond acceptors (Lipinski definition) is 1. The van der Waals surface area contributed by atoms with Crippen LogP contribution in [0.2, 0.25) is 5.02 Å². The summed E-state index contributed by atoms with van der Waals surface area (Å²) in [6.07, 6.45) is 0.0249. The van der Waals surface area contributed by atoms with E-state index in [2.05, 4.69) is 0 Å². The van der Waals surface area contributed by atoms with Gasteiger partial charge in [-0.05, 0) is 55.7 Å². The molecule has 104 valence electrons. The number of rotatable bonds is 3. The van der Waals surface area contributed by atoms with E-state index < -0.39 is 5.82 Å². The minimum Gasteiger partial charge on any atom is -0.294 e. The van der Waals surface area contributed by atoms with Crippen LogP contribution in [0.4, 0.5) is 4.39 Å². The van der Waals surface area contributed by atoms with Crippen LogP contribution < -0.4 is 0 Å². The van der Waals surface area contributed by atoms with Crippen molar-refractivity contribution in [2.75, 3.05) is 0 Å². The number of halogens is 2. The average Bonchev–Trinajstić information content (AvgIpc) is 2.32. The molecule has 0 saturated heterocycles. The summed E-state index contributed by atoms with van der Waals surface area (Å²) in [6.45, 7) is 5.80. The molecule has 0 fully saturated rings. The van der Waals surface area contributed by atoms with Crippen molar-refractivity contribution in [1.82, 2.24) is 0 Å². The van der Waals surface area contributed by atoms with Gasteiger partial charge in [0, 0.05) is 17.0 Å². The second-order valence-corrected chi connectivity index (χ2v) is 5.55. The number of Topliss-reactive ketones (excluding diaryl/α,β-unsaturated/α-hetero) is 1. The van der Waals surface area contributed by atoms with Crippen molar-refractivity contribution in [2.24, 2.45) is 0 Å². The predicted molar refractivity (Wildman–Crippen MR) is 80.1 cm³/mol. The van der Waals surface area contributed by atoms with E-state index in [-0.39, 0.29) is 12.2 Å². The molecular weight excluding hydrogens is 275 g/mol. The third kappa shape index (κ3) is 3.07. The van der Waals surface area contributed by atoms with Crippen molar-refractivity contribution in [1.29, 1.82) is 0 Å². The summed E-state index contributed by atoms with van der Waals surface area (Å²) in [4.78, 5) is 12.4. The number of ketones is 1. The standard InChI is InChI=1S/C17H16ClFO/c1-10-6-11(2)17(12(3)7-10)16(20)9-13-8-14(18)4-5-15(13)19/h4-8H,9H2,1-3H3. The van der Waals surface area contributed by atoms with Crippen LogP contribution in [0.1, 0.15) is 32.6 Å². The molecule has 0 aliphatic carbocycles. The van der Waals surface area contributed by atoms with Gasteiger partial charge in [0.05, 0.1) is 0 Å². The van der Waals surface area contributed by atoms with Crippen LogP contribution >= 0.6 is 11.6 Å². The maximum Gasteiger partial charge on any atom is 0.167 e. The highest BCUT2D eigenvalue weighted by Gasteiger charge is 2.15. The molecule has 0 amide bonds. The van der Waals surface area contributed by atoms with Crippen molar-refractivity contribution in [2.45, 2.75) is 27.2 Å². The van der Waals surface area contributed by atoms with Gasteiger partial charge in [-0.25, -0.2) is 4.39 Å². The smallest absolute Gasteiger partial charge is 0.167 e. The third-order valence-electron chi connectivity index (χ3n) is 3.31. The first kappa shape index (κ1) is 14.7. The largest absolute Gasteiger partial charge is 0.294 e. The Labute approximate surface area is 123 Å². The Hall–Kier alpha value is -1.67. The molecule has 2 aromatic carbocycles. The molecule has 0 atom stereocenters. The lowest BCUT2D eigenvalue weighted by Crippen LogP contribution is -2.09. The monoisotopic (exact) mass is 290 g/mol. The van der Waals surface area contributed by atoms with E-state index in [0.717, 1.165) is 16.7 Å². The van der Waals surface area contributed by atoms with Crippen molar-refractivity contribution in [3.63, 3.8) is 0 Å². The van der Waals surface area contributed by atoms with Gasteiger partial charge in [0.25, 0.3) is 0 Å². The second kappa shape index (κ2) is 5.76. The zero-order valence-corrected chi connectivity index (χ0v) is 12.5. The fraction of sp³-hybridized carbons (Fsp3) is 0.235. The Morgan fingerprint density at radius 1 is 1.10 bits per heavy atom. The minimum absolute atomic E-state index is 0.0249. The number of hydrogen-bond donors (Lipinski definition) is 0. The molecule has 1 nitrogen and oxygen atoms in total. The molecular formula is C17H16ClFO. The van der Waals surface area contributed by atoms with Gasteiger partial charge in [0.15, 0.2) is 5.78 Å². The Bertz CT molecular complexity index is 654. The van der Waals surface area contributed by atoms with Crippen LogP contribution in [-0.4, -0.2) is 5.78 Å². The molecule has 0 radical (unpaired) electrons. The van der Waals surface area contributed by atoms with E-state index in [1.807, 2.05) is 32.9 Å². The number of carbonyl (C=O) groups is 1. The number of aryl methyl sites for hydroxylation is 3. The number of carbonyl (C=O) groups excluding carboxylic acids is 1. The fourth-order valence-electron chi connectivity index (χ4n) is 2.56. The van der Waals surface area contributed by atoms with Crippen molar-refractivity contribution >= 4 is 17.4 Å². The van der Waals surface area contributed by atoms with Gasteiger partial charge in [0.1, 0.15) is 5.82 Å². The molecule has 2 aromatic rings. The first-order valence-electron chi connectivity index (χ1n) is 6.43. The van der Waals surface area contributed by atoms with Gasteiger partial charge in [-0.1, -0.05) is 29.3 Å². The topological polar surface area (TPSA) is 17.1 Å². The molecule has 0 bridgehead atoms. The SMILES string of the molecule is Cc1cc(C)c(C(=O)Cc2cc(Cl)ccc2F)c(C)c1. The molecule has 0 heterocycles. The van der Waals surface area contributed by atoms with Crippen LogP contribution in [0.3, 0.4) is 0 Å². The lowest BCUT2D eigenvalue weighted by molar-refractivity contribution is 0.0990. The highest BCUT2D eigenvalue weighted by Crippen LogP contribution is 2.21. The number of benzene rings is 2. The Balaban J connectivity index is 2.36. The predicted octanol–water partition coefficient (Wildman–Crippen LogP) is 4.83. The Morgan fingerprint density at radius 3 is 2.30 bits per heavy atom. The summed E-state index contributed by atoms with van der Waals surface area (Å²) >= 11 is 5.85. The van der Waals surface area contributed by atoms with Gasteiger partial charge < -0.3 is 0 Å². The molecule has 0 aromatic heterocycles. The zero-order valence-electron chi connectivity index (χ0n) is 11.8. The first-order valence-corrected chi connectivity index (χ1v) is 6.81. The van der Waals surface area contributed by atoms with Gasteiger partial charge in [-0.3, -0.25) is 4.79 Å². The summed E-state index contributed by atoms with van der Waals surface area (Å²) in [5.74, 6) is -0.480. The molecule has 0 aliphatic rings. The van der Waals surface area contributed by atoms with Crippen molar-refractivity contribution in [3.05, 3.63) is 69.0 Å². The van der Waals surface area contributed by atoms with Crippen LogP contribution in [0, 0.1) is 26.6 Å². The normalized spacial score (nSPS) is 10.7. The molecule has 3 heteroatoms. The third-order valence-corrected chi connectivity index (χ3v) is 3.55. The Morgan fingerprint density at radius 2 is 1.70 bits per heavy atom. The van der Waals surface area contributed by atoms with E-state index in [9.17, 15) is 9.18 Å². The Kier molecular flexibility index (Phi) is 4.24. The van der Waals surface area contributed by atoms with Gasteiger partial charge >= 0.3 is 0 Å². The van der Waals surface area contributed by atoms with E-state index >= 15 is 0 Å². The zero-order chi connectivity index (χ0) is 14.9. The quantitative estimate of drug-likeness (QED) is 0.740. The van der Waals surface area contributed by atoms with Crippen LogP contribution in [0.25, 0.3) is 0 Å². The maximum atomic E-state index is 13.7. The summed E-state index contributed by atoms with van der Waals surface area (Å²) in [5, 5.41) is 0.437. The van der Waals surface area contributed by atoms with Gasteiger partial charge in [-0.2, -0.15) is 0 Å². The lowest BCUT2D eigenvalue weighted by atomic mass is 9.93. The van der Waals surface area contributed by atoms with Crippen LogP contribution in [0.15, 0.2) is 30.3 Å². The summed E-state index contributed by atoms with van der Waals surface area (Å²) < 4.78 is 13.7. The molecule has 2 rings (SSSR count). The highest BCUT2D eigenvalue weighted by molar-refractivity contribution is 6.30. The molecule has 0 spiro atoms. The van der Waals surface area contributed by atoms with Gasteiger partial charge in [0.2, 0.25) is 0 Å². The van der Waals surface area contributed by atoms with E-state index in [4.69, 9.17) is 11.6 Å². The lowest BCUT2D eigenvalue weighted by Gasteiger charge is -2.11. The summed E-state index contributed by atoms with van der Waals surface area (Å²) in [7, 11) is 0. The maximum absolute atomic E-state index is 13.7. The van der Waals surface area contributed by atoms with Crippen LogP contribution in [-0.2, 0) is 6.42 Å². The van der Waals surface area contributed by atoms with E-state index in [1.54, 1.807) is 0 Å². The fourth-order valence-corrected chi connectivity index (χ4v) is 2.75. The minimum atomic E-state index is -0.398. The molecule has 0 saturated carbocycles. The van der Waals surface area contributed by atoms with Crippen molar-refractivity contribution in [3.8, 4) is 0 Å². The highest BCUT2D eigenvalue weighted by atomic mass is 35.5. The molecule has 20 heavy (non-hydrogen) atoms. The second-order valence-electron chi connectivity index (χ2n) is 5.11. The first-order chi connectivity index (χ1) is 9.38. The van der Waals surface area contributed by atoms with Crippen LogP contribution in [0.5, 0.6) is 0 Å². The van der Waals surface area contributed by atoms with Gasteiger partial charge in [-0.15, -0.1) is 0 Å². The van der Waals surface area contributed by atoms with Crippen molar-refractivity contribution < 1.29 is 9.18 Å². The molecule has 0 N–H and O–H groups in total. The molecule has 0 unspecified atom stereocenters.